The van der Waals surface area contributed by atoms with Crippen LogP contribution < -0.4 is 0 Å². The Labute approximate surface area is 121 Å². The van der Waals surface area contributed by atoms with Crippen LogP contribution in [0, 0.1) is 0 Å². The number of hydrogen-bond acceptors (Lipinski definition) is 4. The lowest BCUT2D eigenvalue weighted by Crippen LogP contribution is -2.12. The van der Waals surface area contributed by atoms with Gasteiger partial charge in [0.2, 0.25) is 5.76 Å². The van der Waals surface area contributed by atoms with Gasteiger partial charge in [-0.25, -0.2) is 9.59 Å². The Morgan fingerprint density at radius 3 is 1.62 bits per heavy atom. The van der Waals surface area contributed by atoms with Crippen LogP contribution in [-0.4, -0.2) is 17.0 Å². The van der Waals surface area contributed by atoms with Gasteiger partial charge in [-0.3, -0.25) is 0 Å². The van der Waals surface area contributed by atoms with E-state index >= 15 is 0 Å². The Hall–Kier alpha value is -2.88. The van der Waals surface area contributed by atoms with Crippen LogP contribution in [-0.2, 0) is 14.3 Å². The van der Waals surface area contributed by atoms with Gasteiger partial charge in [0.1, 0.15) is 0 Å². The third-order valence-corrected chi connectivity index (χ3v) is 3.41. The molecule has 0 amide bonds. The highest BCUT2D eigenvalue weighted by Gasteiger charge is 2.39. The van der Waals surface area contributed by atoms with Gasteiger partial charge in [0.15, 0.2) is 0 Å². The van der Waals surface area contributed by atoms with E-state index in [1.54, 1.807) is 0 Å². The largest absolute Gasteiger partial charge is 0.501 e. The lowest BCUT2D eigenvalue weighted by molar-refractivity contribution is -0.152. The van der Waals surface area contributed by atoms with Crippen LogP contribution in [0.2, 0.25) is 0 Å². The first-order valence-corrected chi connectivity index (χ1v) is 6.48. The van der Waals surface area contributed by atoms with Gasteiger partial charge in [-0.15, -0.1) is 0 Å². The summed E-state index contributed by atoms with van der Waals surface area (Å²) in [5.74, 6) is -2.94. The number of carbonyl (C=O) groups is 2. The predicted octanol–water partition coefficient (Wildman–Crippen LogP) is 2.71. The summed E-state index contributed by atoms with van der Waals surface area (Å²) in [7, 11) is 0. The van der Waals surface area contributed by atoms with Crippen molar-refractivity contribution in [2.45, 2.75) is 5.92 Å². The summed E-state index contributed by atoms with van der Waals surface area (Å²) in [4.78, 5) is 23.3. The van der Waals surface area contributed by atoms with Gasteiger partial charge >= 0.3 is 11.9 Å². The van der Waals surface area contributed by atoms with E-state index in [9.17, 15) is 14.7 Å². The molecule has 0 unspecified atom stereocenters. The summed E-state index contributed by atoms with van der Waals surface area (Å²) >= 11 is 0. The van der Waals surface area contributed by atoms with Crippen molar-refractivity contribution in [1.29, 1.82) is 0 Å². The zero-order valence-electron chi connectivity index (χ0n) is 11.0. The normalized spacial score (nSPS) is 14.7. The highest BCUT2D eigenvalue weighted by Crippen LogP contribution is 2.36. The number of esters is 2. The average molecular weight is 280 g/mol. The molecule has 0 fully saturated rings. The molecule has 0 saturated carbocycles. The molecule has 3 rings (SSSR count). The second-order valence-corrected chi connectivity index (χ2v) is 4.69. The van der Waals surface area contributed by atoms with Gasteiger partial charge in [-0.1, -0.05) is 60.7 Å². The number of carbonyl (C=O) groups excluding carboxylic acids is 2. The first kappa shape index (κ1) is 13.1. The van der Waals surface area contributed by atoms with E-state index in [-0.39, 0.29) is 5.57 Å². The molecule has 1 aliphatic heterocycles. The Kier molecular flexibility index (Phi) is 3.28. The molecule has 0 aliphatic carbocycles. The Morgan fingerprint density at radius 1 is 0.762 bits per heavy atom. The SMILES string of the molecule is O=C1OC(=O)C(C(c2ccccc2)c2ccccc2)=C1O. The molecule has 104 valence electrons. The molecule has 0 spiro atoms. The van der Waals surface area contributed by atoms with Crippen LogP contribution in [0.4, 0.5) is 0 Å². The fourth-order valence-electron chi connectivity index (χ4n) is 2.47. The maximum Gasteiger partial charge on any atom is 0.381 e. The summed E-state index contributed by atoms with van der Waals surface area (Å²) in [6, 6.07) is 18.4. The third-order valence-electron chi connectivity index (χ3n) is 3.41. The molecule has 2 aromatic rings. The lowest BCUT2D eigenvalue weighted by atomic mass is 9.84. The Balaban J connectivity index is 2.19. The molecule has 4 nitrogen and oxygen atoms in total. The Bertz CT molecular complexity index is 677. The lowest BCUT2D eigenvalue weighted by Gasteiger charge is -2.17. The van der Waals surface area contributed by atoms with Crippen molar-refractivity contribution in [3.05, 3.63) is 83.1 Å². The Morgan fingerprint density at radius 2 is 1.24 bits per heavy atom. The van der Waals surface area contributed by atoms with E-state index in [1.807, 2.05) is 60.7 Å². The molecule has 21 heavy (non-hydrogen) atoms. The monoisotopic (exact) mass is 280 g/mol. The molecular formula is C17H12O4. The number of cyclic esters (lactones) is 2. The van der Waals surface area contributed by atoms with E-state index in [4.69, 9.17) is 0 Å². The summed E-state index contributed by atoms with van der Waals surface area (Å²) in [5, 5.41) is 9.91. The minimum absolute atomic E-state index is 0.0163. The molecule has 1 aliphatic rings. The summed E-state index contributed by atoms with van der Waals surface area (Å²) in [6.45, 7) is 0. The molecule has 1 N–H and O–H groups in total. The van der Waals surface area contributed by atoms with E-state index in [0.29, 0.717) is 0 Å². The second kappa shape index (κ2) is 5.25. The van der Waals surface area contributed by atoms with Gasteiger partial charge < -0.3 is 9.84 Å². The van der Waals surface area contributed by atoms with Crippen molar-refractivity contribution >= 4 is 11.9 Å². The van der Waals surface area contributed by atoms with Crippen molar-refractivity contribution in [3.63, 3.8) is 0 Å². The van der Waals surface area contributed by atoms with Crippen molar-refractivity contribution < 1.29 is 19.4 Å². The number of ether oxygens (including phenoxy) is 1. The number of aliphatic hydroxyl groups is 1. The van der Waals surface area contributed by atoms with Crippen molar-refractivity contribution in [1.82, 2.24) is 0 Å². The van der Waals surface area contributed by atoms with Gasteiger partial charge in [0, 0.05) is 5.92 Å². The molecule has 0 radical (unpaired) electrons. The van der Waals surface area contributed by atoms with Crippen molar-refractivity contribution in [3.8, 4) is 0 Å². The van der Waals surface area contributed by atoms with Gasteiger partial charge in [-0.05, 0) is 11.1 Å². The first-order chi connectivity index (χ1) is 10.2. The van der Waals surface area contributed by atoms with Crippen LogP contribution in [0.1, 0.15) is 17.0 Å². The van der Waals surface area contributed by atoms with Crippen molar-refractivity contribution in [2.75, 3.05) is 0 Å². The fraction of sp³-hybridized carbons (Fsp3) is 0.0588. The van der Waals surface area contributed by atoms with Gasteiger partial charge in [-0.2, -0.15) is 0 Å². The molecule has 1 heterocycles. The maximum atomic E-state index is 11.9. The minimum atomic E-state index is -0.994. The van der Waals surface area contributed by atoms with Gasteiger partial charge in [0.05, 0.1) is 5.57 Å². The van der Waals surface area contributed by atoms with E-state index < -0.39 is 23.6 Å². The number of benzene rings is 2. The summed E-state index contributed by atoms with van der Waals surface area (Å²) in [5.41, 5.74) is 1.59. The predicted molar refractivity (Wildman–Crippen MR) is 75.5 cm³/mol. The molecule has 2 aromatic carbocycles. The summed E-state index contributed by atoms with van der Waals surface area (Å²) in [6.07, 6.45) is 0. The van der Waals surface area contributed by atoms with E-state index in [2.05, 4.69) is 4.74 Å². The minimum Gasteiger partial charge on any atom is -0.501 e. The smallest absolute Gasteiger partial charge is 0.381 e. The zero-order valence-corrected chi connectivity index (χ0v) is 11.0. The van der Waals surface area contributed by atoms with E-state index in [0.717, 1.165) is 11.1 Å². The zero-order chi connectivity index (χ0) is 14.8. The standard InChI is InChI=1S/C17H12O4/c18-15-14(16(19)21-17(15)20)13(11-7-3-1-4-8-11)12-9-5-2-6-10-12/h1-10,13,18H. The summed E-state index contributed by atoms with van der Waals surface area (Å²) < 4.78 is 4.51. The maximum absolute atomic E-state index is 11.9. The van der Waals surface area contributed by atoms with Crippen LogP contribution >= 0.6 is 0 Å². The van der Waals surface area contributed by atoms with Crippen LogP contribution in [0.3, 0.4) is 0 Å². The van der Waals surface area contributed by atoms with E-state index in [1.165, 1.54) is 0 Å². The second-order valence-electron chi connectivity index (χ2n) is 4.69. The highest BCUT2D eigenvalue weighted by atomic mass is 16.6. The quantitative estimate of drug-likeness (QED) is 0.693. The molecule has 0 aromatic heterocycles. The van der Waals surface area contributed by atoms with Crippen LogP contribution in [0.5, 0.6) is 0 Å². The van der Waals surface area contributed by atoms with Crippen molar-refractivity contribution in [2.24, 2.45) is 0 Å². The van der Waals surface area contributed by atoms with Crippen LogP contribution in [0.15, 0.2) is 72.0 Å². The fourth-order valence-corrected chi connectivity index (χ4v) is 2.47. The molecule has 4 heteroatoms. The molecular weight excluding hydrogens is 268 g/mol. The number of rotatable bonds is 3. The first-order valence-electron chi connectivity index (χ1n) is 6.48. The number of hydrogen-bond donors (Lipinski definition) is 1. The molecule has 0 bridgehead atoms. The van der Waals surface area contributed by atoms with Crippen LogP contribution in [0.25, 0.3) is 0 Å². The molecule has 0 atom stereocenters. The third kappa shape index (κ3) is 2.31. The topological polar surface area (TPSA) is 63.6 Å². The number of aliphatic hydroxyl groups excluding tert-OH is 1. The van der Waals surface area contributed by atoms with Gasteiger partial charge in [0.25, 0.3) is 0 Å². The average Bonchev–Trinajstić information content (AvgIpc) is 2.76. The molecule has 0 saturated heterocycles. The highest BCUT2D eigenvalue weighted by molar-refractivity contribution is 6.12.